The van der Waals surface area contributed by atoms with Gasteiger partial charge in [-0.05, 0) is 73.9 Å². The molecule has 0 unspecified atom stereocenters. The van der Waals surface area contributed by atoms with Gasteiger partial charge in [0.05, 0.1) is 119 Å². The summed E-state index contributed by atoms with van der Waals surface area (Å²) in [6.07, 6.45) is 2.42. The molecular weight excluding hydrogens is 1380 g/mol. The summed E-state index contributed by atoms with van der Waals surface area (Å²) in [5.41, 5.74) is 12.5. The van der Waals surface area contributed by atoms with Crippen molar-refractivity contribution in [3.05, 3.63) is 59.7 Å². The predicted molar refractivity (Wildman–Crippen MR) is 372 cm³/mol. The van der Waals surface area contributed by atoms with Crippen LogP contribution in [-0.4, -0.2) is 250 Å². The van der Waals surface area contributed by atoms with Crippen LogP contribution in [0.3, 0.4) is 0 Å². The minimum Gasteiger partial charge on any atom is -0.461 e. The molecule has 105 heavy (non-hydrogen) atoms. The number of esters is 2. The molecule has 2 aromatic carbocycles. The van der Waals surface area contributed by atoms with Gasteiger partial charge < -0.3 is 111 Å². The van der Waals surface area contributed by atoms with Gasteiger partial charge in [-0.15, -0.1) is 5.06 Å². The topological polar surface area (TPSA) is 495 Å². The molecule has 0 saturated carbocycles. The van der Waals surface area contributed by atoms with Gasteiger partial charge in [-0.25, -0.2) is 14.4 Å². The van der Waals surface area contributed by atoms with Crippen LogP contribution in [0.15, 0.2) is 48.5 Å². The Bertz CT molecular complexity index is 2990. The first kappa shape index (κ1) is 89.7. The molecule has 1 heterocycles. The highest BCUT2D eigenvalue weighted by molar-refractivity contribution is 6.02. The van der Waals surface area contributed by atoms with Crippen molar-refractivity contribution in [2.45, 2.75) is 129 Å². The summed E-state index contributed by atoms with van der Waals surface area (Å²) in [6.45, 7) is 6.16. The van der Waals surface area contributed by atoms with Crippen molar-refractivity contribution in [3.63, 3.8) is 0 Å². The standard InChI is InChI=1S/C68H104N12O25/c1-3-4-11-63(89)104-48-51-15-19-53(20-16-51)76-66(92)55(9-7-26-72-68(70)94)78-59(85)46-74-57(83)24-30-96-34-38-100-42-44-102-40-36-98-32-28-79(60(86)10-5-12-64(90)105-80-61(87)21-22-62(80)88)27-31-97-35-39-101-43-41-99-37-33-95-29-23-56(82)73-45-58(84)77-54(8-6-25-71-67(69)93)65(91)75-52-17-13-50(14-18-52)47-103-49(2)81/h13-20,54-55H,3-12,21-48H2,1-2H3,(H,73,82)(H,74,83)(H,75,91)(H,76,92)(H,77,84)(H,78,85)(H3,69,71,93)(H3,70,72,94)/t54-,55-/m0/s1. The van der Waals surface area contributed by atoms with Crippen molar-refractivity contribution in [1.82, 2.24) is 41.9 Å². The summed E-state index contributed by atoms with van der Waals surface area (Å²) in [5, 5.41) is 21.0. The molecule has 13 amide bonds. The Morgan fingerprint density at radius 3 is 1.22 bits per heavy atom. The van der Waals surface area contributed by atoms with Crippen molar-refractivity contribution >= 4 is 94.5 Å². The Hall–Kier alpha value is -9.50. The van der Waals surface area contributed by atoms with E-state index in [9.17, 15) is 67.1 Å². The van der Waals surface area contributed by atoms with Crippen LogP contribution in [0.1, 0.15) is 115 Å². The Morgan fingerprint density at radius 1 is 0.448 bits per heavy atom. The Labute approximate surface area is 609 Å². The highest BCUT2D eigenvalue weighted by Gasteiger charge is 2.33. The molecular formula is C68H104N12O25. The van der Waals surface area contributed by atoms with Gasteiger partial charge in [0.15, 0.2) is 0 Å². The second-order valence-corrected chi connectivity index (χ2v) is 23.3. The van der Waals surface area contributed by atoms with E-state index in [2.05, 4.69) is 42.5 Å². The summed E-state index contributed by atoms with van der Waals surface area (Å²) in [4.78, 5) is 178. The lowest BCUT2D eigenvalue weighted by Gasteiger charge is -2.23. The zero-order chi connectivity index (χ0) is 76.7. The van der Waals surface area contributed by atoms with E-state index >= 15 is 0 Å². The van der Waals surface area contributed by atoms with Gasteiger partial charge in [0, 0.05) is 89.4 Å². The maximum atomic E-state index is 13.3. The number of urea groups is 2. The van der Waals surface area contributed by atoms with Gasteiger partial charge in [-0.3, -0.25) is 52.7 Å². The number of unbranched alkanes of at least 4 members (excludes halogenated alkanes) is 1. The molecule has 0 radical (unpaired) electrons. The number of carbonyl (C=O) groups excluding carboxylic acids is 14. The van der Waals surface area contributed by atoms with E-state index in [-0.39, 0.29) is 215 Å². The molecule has 586 valence electrons. The first-order valence-corrected chi connectivity index (χ1v) is 34.9. The second kappa shape index (κ2) is 56.0. The highest BCUT2D eigenvalue weighted by atomic mass is 16.7. The summed E-state index contributed by atoms with van der Waals surface area (Å²) < 4.78 is 54.8. The van der Waals surface area contributed by atoms with Crippen molar-refractivity contribution < 1.29 is 119 Å². The molecule has 0 aliphatic carbocycles. The number of rotatable bonds is 60. The van der Waals surface area contributed by atoms with Crippen LogP contribution in [0.2, 0.25) is 0 Å². The van der Waals surface area contributed by atoms with Gasteiger partial charge in [0.2, 0.25) is 41.4 Å². The fourth-order valence-electron chi connectivity index (χ4n) is 9.08. The third-order valence-corrected chi connectivity index (χ3v) is 14.7. The molecule has 3 rings (SSSR count). The minimum atomic E-state index is -1.02. The molecule has 0 spiro atoms. The van der Waals surface area contributed by atoms with Gasteiger partial charge in [-0.2, -0.15) is 0 Å². The number of carbonyl (C=O) groups is 14. The molecule has 1 aliphatic rings. The monoisotopic (exact) mass is 1490 g/mol. The van der Waals surface area contributed by atoms with Crippen LogP contribution in [0.4, 0.5) is 21.0 Å². The fourth-order valence-corrected chi connectivity index (χ4v) is 9.08. The van der Waals surface area contributed by atoms with Crippen LogP contribution in [0.25, 0.3) is 0 Å². The largest absolute Gasteiger partial charge is 0.461 e. The van der Waals surface area contributed by atoms with E-state index in [0.29, 0.717) is 41.3 Å². The van der Waals surface area contributed by atoms with E-state index in [0.717, 1.165) is 18.4 Å². The minimum absolute atomic E-state index is 0.0395. The lowest BCUT2D eigenvalue weighted by Crippen LogP contribution is -2.47. The third-order valence-electron chi connectivity index (χ3n) is 14.7. The SMILES string of the molecule is CCCCC(=O)OCc1ccc(NC(=O)[C@H](CCCNC(N)=O)NC(=O)CNC(=O)CCOCCOCCOCCOCCN(CCOCCOCCOCCOCCC(=O)NCC(=O)N[C@@H](CCCNC(N)=O)C(=O)Nc2ccc(COC(C)=O)cc2)C(=O)CCCC(=O)ON2C(=O)CCC2=O)cc1. The van der Waals surface area contributed by atoms with Gasteiger partial charge >= 0.3 is 30.0 Å². The number of ether oxygens (including phenoxy) is 10. The molecule has 1 aliphatic heterocycles. The number of hydroxylamine groups is 2. The zero-order valence-electron chi connectivity index (χ0n) is 59.9. The Kier molecular flexibility index (Phi) is 47.8. The quantitative estimate of drug-likeness (QED) is 0.0240. The van der Waals surface area contributed by atoms with Crippen LogP contribution in [0.5, 0.6) is 0 Å². The van der Waals surface area contributed by atoms with E-state index in [1.54, 1.807) is 48.5 Å². The average molecular weight is 1490 g/mol. The number of nitrogens with one attached hydrogen (secondary N) is 8. The van der Waals surface area contributed by atoms with Crippen LogP contribution in [-0.2, 0) is 123 Å². The zero-order valence-corrected chi connectivity index (χ0v) is 59.9. The number of hydrogen-bond acceptors (Lipinski definition) is 25. The van der Waals surface area contributed by atoms with Crippen molar-refractivity contribution in [2.24, 2.45) is 11.5 Å². The lowest BCUT2D eigenvalue weighted by atomic mass is 10.1. The molecule has 0 aromatic heterocycles. The van der Waals surface area contributed by atoms with Crippen molar-refractivity contribution in [1.29, 1.82) is 0 Å². The number of benzene rings is 2. The smallest absolute Gasteiger partial charge is 0.333 e. The van der Waals surface area contributed by atoms with Crippen molar-refractivity contribution in [2.75, 3.05) is 156 Å². The van der Waals surface area contributed by atoms with Crippen molar-refractivity contribution in [3.8, 4) is 0 Å². The fraction of sp³-hybridized carbons (Fsp3) is 0.618. The summed E-state index contributed by atoms with van der Waals surface area (Å²) in [5.74, 6) is -6.35. The molecule has 2 aromatic rings. The maximum absolute atomic E-state index is 13.3. The maximum Gasteiger partial charge on any atom is 0.333 e. The lowest BCUT2D eigenvalue weighted by molar-refractivity contribution is -0.197. The van der Waals surface area contributed by atoms with E-state index in [1.807, 2.05) is 6.92 Å². The van der Waals surface area contributed by atoms with Crippen LogP contribution in [0, 0.1) is 0 Å². The average Bonchev–Trinajstić information content (AvgIpc) is 1.87. The first-order valence-electron chi connectivity index (χ1n) is 34.9. The molecule has 2 atom stereocenters. The van der Waals surface area contributed by atoms with Gasteiger partial charge in [0.25, 0.3) is 11.8 Å². The molecule has 37 nitrogen and oxygen atoms in total. The Morgan fingerprint density at radius 2 is 0.829 bits per heavy atom. The second-order valence-electron chi connectivity index (χ2n) is 23.3. The van der Waals surface area contributed by atoms with Gasteiger partial charge in [-0.1, -0.05) is 37.6 Å². The third kappa shape index (κ3) is 45.4. The molecule has 1 fully saturated rings. The summed E-state index contributed by atoms with van der Waals surface area (Å²) >= 11 is 0. The number of anilines is 2. The molecule has 1 saturated heterocycles. The van der Waals surface area contributed by atoms with E-state index in [1.165, 1.54) is 11.8 Å². The number of amides is 13. The number of primary amides is 2. The van der Waals surface area contributed by atoms with Gasteiger partial charge in [0.1, 0.15) is 25.3 Å². The predicted octanol–water partition coefficient (Wildman–Crippen LogP) is 0.178. The Balaban J connectivity index is 1.25. The number of hydrogen-bond donors (Lipinski definition) is 10. The number of nitrogens with two attached hydrogens (primary N) is 2. The number of nitrogens with zero attached hydrogens (tertiary/aromatic N) is 2. The van der Waals surface area contributed by atoms with Crippen LogP contribution >= 0.6 is 0 Å². The molecule has 12 N–H and O–H groups in total. The highest BCUT2D eigenvalue weighted by Crippen LogP contribution is 2.16. The molecule has 37 heteroatoms. The van der Waals surface area contributed by atoms with E-state index in [4.69, 9.17) is 63.7 Å². The van der Waals surface area contributed by atoms with E-state index < -0.39 is 96.4 Å². The summed E-state index contributed by atoms with van der Waals surface area (Å²) in [6, 6.07) is 9.68. The van der Waals surface area contributed by atoms with Crippen LogP contribution < -0.4 is 54.0 Å². The normalized spacial score (nSPS) is 12.3. The number of imide groups is 1. The summed E-state index contributed by atoms with van der Waals surface area (Å²) in [7, 11) is 0. The first-order chi connectivity index (χ1) is 50.6. The molecule has 0 bridgehead atoms.